The molecule has 1 N–H and O–H groups in total. The predicted molar refractivity (Wildman–Crippen MR) is 72.4 cm³/mol. The van der Waals surface area contributed by atoms with Gasteiger partial charge in [0.15, 0.2) is 0 Å². The number of piperidine rings is 1. The van der Waals surface area contributed by atoms with Crippen LogP contribution in [0.4, 0.5) is 0 Å². The Labute approximate surface area is 113 Å². The van der Waals surface area contributed by atoms with E-state index in [1.165, 1.54) is 12.8 Å². The van der Waals surface area contributed by atoms with Crippen molar-refractivity contribution in [3.8, 4) is 0 Å². The van der Waals surface area contributed by atoms with E-state index in [1.807, 2.05) is 16.3 Å². The lowest BCUT2D eigenvalue weighted by Crippen LogP contribution is -2.41. The van der Waals surface area contributed by atoms with Gasteiger partial charge in [-0.15, -0.1) is 11.3 Å². The molecule has 0 unspecified atom stereocenters. The second-order valence-electron chi connectivity index (χ2n) is 4.81. The molecule has 0 aromatic carbocycles. The average molecular weight is 315 g/mol. The third-order valence-electron chi connectivity index (χ3n) is 3.70. The van der Waals surface area contributed by atoms with Crippen LogP contribution in [0.3, 0.4) is 0 Å². The molecule has 3 rings (SSSR count). The van der Waals surface area contributed by atoms with E-state index in [0.29, 0.717) is 12.0 Å². The van der Waals surface area contributed by atoms with Gasteiger partial charge in [-0.3, -0.25) is 4.79 Å². The van der Waals surface area contributed by atoms with Crippen molar-refractivity contribution in [1.29, 1.82) is 0 Å². The second-order valence-corrected chi connectivity index (χ2v) is 7.10. The number of thiophene rings is 1. The molecule has 2 fully saturated rings. The summed E-state index contributed by atoms with van der Waals surface area (Å²) in [6, 6.07) is 2.44. The maximum atomic E-state index is 12.3. The molecule has 2 atom stereocenters. The number of nitrogens with one attached hydrogen (secondary N) is 1. The molecule has 2 aliphatic rings. The lowest BCUT2D eigenvalue weighted by Gasteiger charge is -2.24. The molecule has 3 heterocycles. The van der Waals surface area contributed by atoms with Crippen LogP contribution in [0.5, 0.6) is 0 Å². The Kier molecular flexibility index (Phi) is 3.23. The summed E-state index contributed by atoms with van der Waals surface area (Å²) in [5.41, 5.74) is 0.820. The zero-order chi connectivity index (χ0) is 11.8. The van der Waals surface area contributed by atoms with Crippen LogP contribution in [0.1, 0.15) is 23.2 Å². The fraction of sp³-hybridized carbons (Fsp3) is 0.583. The Morgan fingerprint density at radius 1 is 1.53 bits per heavy atom. The monoisotopic (exact) mass is 314 g/mol. The van der Waals surface area contributed by atoms with E-state index < -0.39 is 0 Å². The Morgan fingerprint density at radius 3 is 3.12 bits per heavy atom. The van der Waals surface area contributed by atoms with Crippen molar-refractivity contribution < 1.29 is 4.79 Å². The van der Waals surface area contributed by atoms with Crippen LogP contribution in [0.25, 0.3) is 0 Å². The summed E-state index contributed by atoms with van der Waals surface area (Å²) in [4.78, 5) is 14.3. The number of carbonyl (C=O) groups is 1. The normalized spacial score (nSPS) is 28.2. The highest BCUT2D eigenvalue weighted by molar-refractivity contribution is 9.11. The van der Waals surface area contributed by atoms with Crippen LogP contribution in [0, 0.1) is 5.92 Å². The standard InChI is InChI=1S/C12H15BrN2OS/c13-11-4-9(7-17-11)12(16)15-5-8-2-1-3-14-10(8)6-15/h4,7-8,10,14H,1-3,5-6H2/t8-,10+/m0/s1. The van der Waals surface area contributed by atoms with Crippen LogP contribution in [-0.2, 0) is 0 Å². The summed E-state index contributed by atoms with van der Waals surface area (Å²) >= 11 is 4.98. The average Bonchev–Trinajstić information content (AvgIpc) is 2.93. The summed E-state index contributed by atoms with van der Waals surface area (Å²) in [7, 11) is 0. The Balaban J connectivity index is 1.71. The van der Waals surface area contributed by atoms with Crippen molar-refractivity contribution in [2.24, 2.45) is 5.92 Å². The molecule has 5 heteroatoms. The van der Waals surface area contributed by atoms with E-state index in [4.69, 9.17) is 0 Å². The SMILES string of the molecule is O=C(c1csc(Br)c1)N1C[C@@H]2CCCN[C@@H]2C1. The molecule has 3 nitrogen and oxygen atoms in total. The number of amides is 1. The minimum absolute atomic E-state index is 0.183. The molecule has 1 aromatic rings. The highest BCUT2D eigenvalue weighted by Crippen LogP contribution is 2.28. The third kappa shape index (κ3) is 2.28. The van der Waals surface area contributed by atoms with Gasteiger partial charge in [0.2, 0.25) is 0 Å². The highest BCUT2D eigenvalue weighted by Gasteiger charge is 2.36. The summed E-state index contributed by atoms with van der Waals surface area (Å²) in [5.74, 6) is 0.845. The van der Waals surface area contributed by atoms with Gasteiger partial charge in [0.1, 0.15) is 0 Å². The van der Waals surface area contributed by atoms with Crippen LogP contribution < -0.4 is 5.32 Å². The van der Waals surface area contributed by atoms with Crippen molar-refractivity contribution in [1.82, 2.24) is 10.2 Å². The predicted octanol–water partition coefficient (Wildman–Crippen LogP) is 2.33. The van der Waals surface area contributed by atoms with E-state index >= 15 is 0 Å². The molecule has 0 aliphatic carbocycles. The van der Waals surface area contributed by atoms with Crippen LogP contribution in [0.2, 0.25) is 0 Å². The van der Waals surface area contributed by atoms with Gasteiger partial charge >= 0.3 is 0 Å². The summed E-state index contributed by atoms with van der Waals surface area (Å²) in [6.45, 7) is 2.90. The number of carbonyl (C=O) groups excluding carboxylic acids is 1. The largest absolute Gasteiger partial charge is 0.337 e. The number of rotatable bonds is 1. The smallest absolute Gasteiger partial charge is 0.254 e. The van der Waals surface area contributed by atoms with E-state index in [-0.39, 0.29) is 5.91 Å². The first kappa shape index (κ1) is 11.7. The van der Waals surface area contributed by atoms with Crippen LogP contribution in [-0.4, -0.2) is 36.5 Å². The van der Waals surface area contributed by atoms with Crippen molar-refractivity contribution >= 4 is 33.2 Å². The second kappa shape index (κ2) is 4.71. The fourth-order valence-electron chi connectivity index (χ4n) is 2.82. The van der Waals surface area contributed by atoms with Gasteiger partial charge in [-0.25, -0.2) is 0 Å². The van der Waals surface area contributed by atoms with Gasteiger partial charge in [-0.1, -0.05) is 0 Å². The molecule has 2 saturated heterocycles. The minimum atomic E-state index is 0.183. The first-order chi connectivity index (χ1) is 8.24. The maximum Gasteiger partial charge on any atom is 0.254 e. The fourth-order valence-corrected chi connectivity index (χ4v) is 3.95. The number of fused-ring (bicyclic) bond motifs is 1. The number of likely N-dealkylation sites (tertiary alicyclic amines) is 1. The first-order valence-corrected chi connectivity index (χ1v) is 7.68. The molecule has 0 saturated carbocycles. The maximum absolute atomic E-state index is 12.3. The zero-order valence-corrected chi connectivity index (χ0v) is 11.9. The van der Waals surface area contributed by atoms with E-state index in [0.717, 1.165) is 29.0 Å². The quantitative estimate of drug-likeness (QED) is 0.863. The van der Waals surface area contributed by atoms with Gasteiger partial charge in [-0.05, 0) is 47.3 Å². The molecule has 0 bridgehead atoms. The molecule has 1 aromatic heterocycles. The van der Waals surface area contributed by atoms with Gasteiger partial charge in [0, 0.05) is 24.5 Å². The number of hydrogen-bond donors (Lipinski definition) is 1. The molecular weight excluding hydrogens is 300 g/mol. The Bertz CT molecular complexity index is 420. The number of nitrogens with zero attached hydrogens (tertiary/aromatic N) is 1. The van der Waals surface area contributed by atoms with Crippen LogP contribution in [0.15, 0.2) is 15.2 Å². The lowest BCUT2D eigenvalue weighted by molar-refractivity contribution is 0.0786. The Hall–Kier alpha value is -0.390. The summed E-state index contributed by atoms with van der Waals surface area (Å²) in [6.07, 6.45) is 2.50. The third-order valence-corrected chi connectivity index (χ3v) is 5.21. The molecule has 0 spiro atoms. The zero-order valence-electron chi connectivity index (χ0n) is 9.49. The minimum Gasteiger partial charge on any atom is -0.337 e. The van der Waals surface area contributed by atoms with Gasteiger partial charge in [-0.2, -0.15) is 0 Å². The molecule has 92 valence electrons. The van der Waals surface area contributed by atoms with Crippen molar-refractivity contribution in [3.05, 3.63) is 20.8 Å². The molecule has 2 aliphatic heterocycles. The van der Waals surface area contributed by atoms with Crippen molar-refractivity contribution in [3.63, 3.8) is 0 Å². The molecular formula is C12H15BrN2OS. The van der Waals surface area contributed by atoms with E-state index in [1.54, 1.807) is 11.3 Å². The number of hydrogen-bond acceptors (Lipinski definition) is 3. The van der Waals surface area contributed by atoms with E-state index in [2.05, 4.69) is 21.2 Å². The molecule has 17 heavy (non-hydrogen) atoms. The van der Waals surface area contributed by atoms with Gasteiger partial charge in [0.25, 0.3) is 5.91 Å². The molecule has 0 radical (unpaired) electrons. The summed E-state index contributed by atoms with van der Waals surface area (Å²) < 4.78 is 1.02. The van der Waals surface area contributed by atoms with Gasteiger partial charge in [0.05, 0.1) is 9.35 Å². The van der Waals surface area contributed by atoms with Crippen molar-refractivity contribution in [2.45, 2.75) is 18.9 Å². The highest BCUT2D eigenvalue weighted by atomic mass is 79.9. The number of halogens is 1. The Morgan fingerprint density at radius 2 is 2.41 bits per heavy atom. The van der Waals surface area contributed by atoms with Gasteiger partial charge < -0.3 is 10.2 Å². The summed E-state index contributed by atoms with van der Waals surface area (Å²) in [5, 5.41) is 5.45. The van der Waals surface area contributed by atoms with Crippen molar-refractivity contribution in [2.75, 3.05) is 19.6 Å². The molecule has 1 amide bonds. The van der Waals surface area contributed by atoms with Crippen LogP contribution >= 0.6 is 27.3 Å². The first-order valence-electron chi connectivity index (χ1n) is 6.01. The van der Waals surface area contributed by atoms with E-state index in [9.17, 15) is 4.79 Å². The topological polar surface area (TPSA) is 32.3 Å². The lowest BCUT2D eigenvalue weighted by atomic mass is 9.94.